The molecule has 0 amide bonds. The molecule has 0 bridgehead atoms. The van der Waals surface area contributed by atoms with Crippen LogP contribution in [0.15, 0.2) is 25.3 Å². The molecule has 1 rings (SSSR count). The van der Waals surface area contributed by atoms with E-state index < -0.39 is 17.5 Å². The van der Waals surface area contributed by atoms with Crippen molar-refractivity contribution < 1.29 is 19.2 Å². The normalized spacial score (nSPS) is 31.9. The Morgan fingerprint density at radius 1 is 1.50 bits per heavy atom. The van der Waals surface area contributed by atoms with Crippen molar-refractivity contribution in [1.29, 1.82) is 0 Å². The monoisotopic (exact) mass is 226 g/mol. The molecule has 0 radical (unpaired) electrons. The average Bonchev–Trinajstić information content (AvgIpc) is 2.54. The lowest BCUT2D eigenvalue weighted by molar-refractivity contribution is -0.166. The quantitative estimate of drug-likeness (QED) is 0.536. The van der Waals surface area contributed by atoms with Crippen molar-refractivity contribution >= 4 is 8.05 Å². The summed E-state index contributed by atoms with van der Waals surface area (Å²) in [6, 6.07) is 0. The van der Waals surface area contributed by atoms with E-state index in [0.29, 0.717) is 0 Å². The number of ether oxygens (including phenoxy) is 2. The molecule has 5 heteroatoms. The smallest absolute Gasteiger partial charge is 0.257 e. The van der Waals surface area contributed by atoms with Crippen molar-refractivity contribution in [3.63, 3.8) is 0 Å². The second kappa shape index (κ2) is 4.71. The zero-order valence-electron chi connectivity index (χ0n) is 10.1. The number of rotatable bonds is 5. The van der Waals surface area contributed by atoms with Crippen LogP contribution in [0.2, 0.25) is 0 Å². The second-order valence-corrected chi connectivity index (χ2v) is 4.38. The van der Waals surface area contributed by atoms with Crippen LogP contribution in [0.4, 0.5) is 0 Å². The fourth-order valence-corrected chi connectivity index (χ4v) is 1.84. The van der Waals surface area contributed by atoms with Crippen LogP contribution in [0.25, 0.3) is 0 Å². The summed E-state index contributed by atoms with van der Waals surface area (Å²) in [7, 11) is 1.51. The summed E-state index contributed by atoms with van der Waals surface area (Å²) < 4.78 is 16.2. The molecule has 0 aromatic rings. The third-order valence-electron chi connectivity index (χ3n) is 2.58. The first-order valence-corrected chi connectivity index (χ1v) is 5.21. The van der Waals surface area contributed by atoms with Crippen molar-refractivity contribution in [1.82, 2.24) is 0 Å². The van der Waals surface area contributed by atoms with Crippen molar-refractivity contribution in [2.45, 2.75) is 37.4 Å². The van der Waals surface area contributed by atoms with Gasteiger partial charge in [0, 0.05) is 0 Å². The van der Waals surface area contributed by atoms with Gasteiger partial charge in [-0.1, -0.05) is 12.2 Å². The van der Waals surface area contributed by atoms with E-state index in [1.807, 2.05) is 0 Å². The first-order chi connectivity index (χ1) is 7.38. The maximum atomic E-state index is 10.4. The molecule has 1 fully saturated rings. The van der Waals surface area contributed by atoms with Gasteiger partial charge in [-0.15, -0.1) is 13.2 Å². The van der Waals surface area contributed by atoms with Crippen LogP contribution < -0.4 is 0 Å². The fraction of sp³-hybridized carbons (Fsp3) is 0.636. The molecule has 0 aliphatic carbocycles. The van der Waals surface area contributed by atoms with Gasteiger partial charge in [0.25, 0.3) is 8.05 Å². The van der Waals surface area contributed by atoms with Gasteiger partial charge in [-0.05, 0) is 13.8 Å². The van der Waals surface area contributed by atoms with Crippen LogP contribution in [0.1, 0.15) is 13.8 Å². The van der Waals surface area contributed by atoms with E-state index >= 15 is 0 Å². The summed E-state index contributed by atoms with van der Waals surface area (Å²) >= 11 is 0. The predicted molar refractivity (Wildman–Crippen MR) is 63.7 cm³/mol. The topological polar surface area (TPSA) is 47.9 Å². The van der Waals surface area contributed by atoms with Crippen LogP contribution in [0.3, 0.4) is 0 Å². The average molecular weight is 226 g/mol. The summed E-state index contributed by atoms with van der Waals surface area (Å²) in [5.41, 5.74) is -1.28. The summed E-state index contributed by atoms with van der Waals surface area (Å²) in [5.74, 6) is -0.742. The minimum atomic E-state index is -1.28. The van der Waals surface area contributed by atoms with E-state index in [0.717, 1.165) is 0 Å². The van der Waals surface area contributed by atoms with Crippen molar-refractivity contribution in [3.8, 4) is 0 Å². The van der Waals surface area contributed by atoms with Crippen molar-refractivity contribution in [2.24, 2.45) is 0 Å². The highest BCUT2D eigenvalue weighted by molar-refractivity contribution is 5.98. The molecule has 1 saturated heterocycles. The van der Waals surface area contributed by atoms with Crippen LogP contribution in [-0.2, 0) is 14.1 Å². The highest BCUT2D eigenvalue weighted by Gasteiger charge is 2.49. The summed E-state index contributed by atoms with van der Waals surface area (Å²) in [5, 5.41) is 10.4. The molecule has 16 heavy (non-hydrogen) atoms. The van der Waals surface area contributed by atoms with Crippen LogP contribution >= 0.6 is 0 Å². The van der Waals surface area contributed by atoms with Crippen LogP contribution in [0.5, 0.6) is 0 Å². The van der Waals surface area contributed by atoms with Crippen LogP contribution in [-0.4, -0.2) is 43.4 Å². The summed E-state index contributed by atoms with van der Waals surface area (Å²) in [4.78, 5) is 0. The maximum Gasteiger partial charge on any atom is 0.257 e. The van der Waals surface area contributed by atoms with Crippen molar-refractivity contribution in [3.05, 3.63) is 25.3 Å². The van der Waals surface area contributed by atoms with Gasteiger partial charge >= 0.3 is 0 Å². The minimum absolute atomic E-state index is 0.102. The second-order valence-electron chi connectivity index (χ2n) is 4.38. The highest BCUT2D eigenvalue weighted by Crippen LogP contribution is 2.35. The molecule has 1 aliphatic heterocycles. The molecular weight excluding hydrogens is 207 g/mol. The lowest BCUT2D eigenvalue weighted by Crippen LogP contribution is -2.49. The molecule has 0 aromatic heterocycles. The van der Waals surface area contributed by atoms with E-state index in [4.69, 9.17) is 14.1 Å². The van der Waals surface area contributed by atoms with Gasteiger partial charge in [0.15, 0.2) is 5.79 Å². The van der Waals surface area contributed by atoms with Gasteiger partial charge in [-0.3, -0.25) is 0 Å². The minimum Gasteiger partial charge on any atom is -0.441 e. The Balaban J connectivity index is 2.92. The number of hydrogen-bond acceptors (Lipinski definition) is 4. The predicted octanol–water partition coefficient (Wildman–Crippen LogP) is 0.174. The van der Waals surface area contributed by atoms with E-state index in [2.05, 4.69) is 13.2 Å². The Labute approximate surface area is 97.3 Å². The van der Waals surface area contributed by atoms with Crippen LogP contribution in [0, 0.1) is 0 Å². The molecule has 1 N–H and O–H groups in total. The Morgan fingerprint density at radius 2 is 2.12 bits per heavy atom. The van der Waals surface area contributed by atoms with E-state index in [1.165, 1.54) is 14.1 Å². The molecular formula is C11H19BO4. The van der Waals surface area contributed by atoms with Gasteiger partial charge in [0.05, 0.1) is 6.61 Å². The van der Waals surface area contributed by atoms with Gasteiger partial charge < -0.3 is 19.2 Å². The van der Waals surface area contributed by atoms with E-state index in [1.54, 1.807) is 19.9 Å². The zero-order valence-corrected chi connectivity index (χ0v) is 10.1. The van der Waals surface area contributed by atoms with Gasteiger partial charge in [0.1, 0.15) is 17.8 Å². The molecule has 1 heterocycles. The first-order valence-electron chi connectivity index (χ1n) is 5.21. The first kappa shape index (κ1) is 13.4. The molecule has 0 unspecified atom stereocenters. The van der Waals surface area contributed by atoms with Gasteiger partial charge in [0.2, 0.25) is 0 Å². The Morgan fingerprint density at radius 3 is 2.56 bits per heavy atom. The summed E-state index contributed by atoms with van der Waals surface area (Å²) in [6.07, 6.45) is 2.09. The Hall–Kier alpha value is -0.615. The van der Waals surface area contributed by atoms with Gasteiger partial charge in [-0.2, -0.15) is 0 Å². The van der Waals surface area contributed by atoms with E-state index in [9.17, 15) is 5.11 Å². The standard InChI is InChI=1S/C11H19BO4/c1-5-8-9(16-10(3,4)15-8)11(13,6-2)7-14-12/h5-6,8-9,13H,1-2,7,12H2,3-4H3/t8-,9-,11+/m0/s1. The maximum absolute atomic E-state index is 10.4. The third-order valence-corrected chi connectivity index (χ3v) is 2.58. The largest absolute Gasteiger partial charge is 0.441 e. The number of aliphatic hydroxyl groups is 1. The zero-order chi connectivity index (χ0) is 12.4. The van der Waals surface area contributed by atoms with E-state index in [-0.39, 0.29) is 12.7 Å². The Bertz CT molecular complexity index is 279. The summed E-state index contributed by atoms with van der Waals surface area (Å²) in [6.45, 7) is 11.0. The lowest BCUT2D eigenvalue weighted by Gasteiger charge is -2.31. The highest BCUT2D eigenvalue weighted by atomic mass is 16.8. The molecule has 3 atom stereocenters. The number of hydrogen-bond donors (Lipinski definition) is 1. The fourth-order valence-electron chi connectivity index (χ4n) is 1.84. The third kappa shape index (κ3) is 2.55. The van der Waals surface area contributed by atoms with Crippen molar-refractivity contribution in [2.75, 3.05) is 6.61 Å². The molecule has 0 aromatic carbocycles. The molecule has 0 spiro atoms. The Kier molecular flexibility index (Phi) is 3.96. The SMILES string of the molecule is BOC[C@](O)(C=C)[C@H]1OC(C)(C)O[C@H]1C=C. The molecule has 90 valence electrons. The molecule has 4 nitrogen and oxygen atoms in total. The molecule has 0 saturated carbocycles. The molecule has 1 aliphatic rings. The lowest BCUT2D eigenvalue weighted by atomic mass is 9.93. The van der Waals surface area contributed by atoms with Gasteiger partial charge in [-0.25, -0.2) is 0 Å².